The molecule has 2 atom stereocenters. The second-order valence-electron chi connectivity index (χ2n) is 6.98. The molecule has 1 aliphatic rings. The lowest BCUT2D eigenvalue weighted by atomic mass is 9.90. The van der Waals surface area contributed by atoms with Gasteiger partial charge in [-0.3, -0.25) is 4.90 Å². The third-order valence-electron chi connectivity index (χ3n) is 4.41. The maximum Gasteiger partial charge on any atom is 0.0406 e. The minimum Gasteiger partial charge on any atom is -0.309 e. The van der Waals surface area contributed by atoms with Gasteiger partial charge in [0.15, 0.2) is 0 Å². The van der Waals surface area contributed by atoms with Crippen molar-refractivity contribution in [3.63, 3.8) is 0 Å². The van der Waals surface area contributed by atoms with Crippen LogP contribution in [0.3, 0.4) is 0 Å². The second-order valence-corrected chi connectivity index (χ2v) is 7.41. The molecule has 0 saturated carbocycles. The van der Waals surface area contributed by atoms with Crippen LogP contribution in [-0.4, -0.2) is 29.6 Å². The van der Waals surface area contributed by atoms with Gasteiger partial charge in [0.05, 0.1) is 0 Å². The Bertz CT molecular complexity index is 439. The maximum atomic E-state index is 6.00. The van der Waals surface area contributed by atoms with Crippen LogP contribution >= 0.6 is 11.6 Å². The second kappa shape index (κ2) is 6.05. The summed E-state index contributed by atoms with van der Waals surface area (Å²) in [6.45, 7) is 13.6. The lowest BCUT2D eigenvalue weighted by Crippen LogP contribution is -2.63. The van der Waals surface area contributed by atoms with Gasteiger partial charge in [-0.1, -0.05) is 37.6 Å². The standard InChI is InChI=1S/C17H27ClN2/c1-12(2)16-10-19-17(4,5)11-20(16)13(3)14-6-8-15(18)9-7-14/h6-9,12-13,16,19H,10-11H2,1-5H3. The fourth-order valence-electron chi connectivity index (χ4n) is 3.10. The molecule has 2 unspecified atom stereocenters. The topological polar surface area (TPSA) is 15.3 Å². The van der Waals surface area contributed by atoms with Gasteiger partial charge in [0.25, 0.3) is 0 Å². The van der Waals surface area contributed by atoms with Crippen LogP contribution in [0.25, 0.3) is 0 Å². The molecule has 1 saturated heterocycles. The van der Waals surface area contributed by atoms with Gasteiger partial charge in [0.1, 0.15) is 0 Å². The Labute approximate surface area is 128 Å². The van der Waals surface area contributed by atoms with Gasteiger partial charge in [-0.15, -0.1) is 0 Å². The third-order valence-corrected chi connectivity index (χ3v) is 4.66. The Morgan fingerprint density at radius 1 is 1.20 bits per heavy atom. The quantitative estimate of drug-likeness (QED) is 0.902. The number of nitrogens with zero attached hydrogens (tertiary/aromatic N) is 1. The molecule has 20 heavy (non-hydrogen) atoms. The summed E-state index contributed by atoms with van der Waals surface area (Å²) in [7, 11) is 0. The molecular weight excluding hydrogens is 268 g/mol. The summed E-state index contributed by atoms with van der Waals surface area (Å²) < 4.78 is 0. The zero-order valence-corrected chi connectivity index (χ0v) is 14.0. The summed E-state index contributed by atoms with van der Waals surface area (Å²) in [4.78, 5) is 2.64. The summed E-state index contributed by atoms with van der Waals surface area (Å²) in [6.07, 6.45) is 0. The van der Waals surface area contributed by atoms with Crippen LogP contribution in [0, 0.1) is 5.92 Å². The van der Waals surface area contributed by atoms with Gasteiger partial charge in [-0.2, -0.15) is 0 Å². The third kappa shape index (κ3) is 3.55. The van der Waals surface area contributed by atoms with Crippen LogP contribution in [0.15, 0.2) is 24.3 Å². The molecule has 1 heterocycles. The maximum absolute atomic E-state index is 6.00. The highest BCUT2D eigenvalue weighted by atomic mass is 35.5. The van der Waals surface area contributed by atoms with Gasteiger partial charge < -0.3 is 5.32 Å². The minimum atomic E-state index is 0.173. The van der Waals surface area contributed by atoms with Crippen molar-refractivity contribution in [2.75, 3.05) is 13.1 Å². The Morgan fingerprint density at radius 3 is 2.35 bits per heavy atom. The number of hydrogen-bond donors (Lipinski definition) is 1. The van der Waals surface area contributed by atoms with Gasteiger partial charge in [-0.05, 0) is 44.4 Å². The van der Waals surface area contributed by atoms with Gasteiger partial charge in [0, 0.05) is 35.7 Å². The van der Waals surface area contributed by atoms with Gasteiger partial charge in [0.2, 0.25) is 0 Å². The largest absolute Gasteiger partial charge is 0.309 e. The van der Waals surface area contributed by atoms with Gasteiger partial charge >= 0.3 is 0 Å². The number of hydrogen-bond acceptors (Lipinski definition) is 2. The first-order valence-corrected chi connectivity index (χ1v) is 7.94. The van der Waals surface area contributed by atoms with Crippen LogP contribution in [0.1, 0.15) is 46.2 Å². The van der Waals surface area contributed by atoms with E-state index in [4.69, 9.17) is 11.6 Å². The van der Waals surface area contributed by atoms with E-state index in [-0.39, 0.29) is 5.54 Å². The van der Waals surface area contributed by atoms with Crippen molar-refractivity contribution in [2.24, 2.45) is 5.92 Å². The van der Waals surface area contributed by atoms with E-state index in [1.54, 1.807) is 0 Å². The molecule has 1 aromatic carbocycles. The molecule has 0 aliphatic carbocycles. The highest BCUT2D eigenvalue weighted by Gasteiger charge is 2.36. The molecule has 0 spiro atoms. The first-order chi connectivity index (χ1) is 9.30. The molecule has 1 fully saturated rings. The molecule has 2 nitrogen and oxygen atoms in total. The Kier molecular flexibility index (Phi) is 4.78. The summed E-state index contributed by atoms with van der Waals surface area (Å²) >= 11 is 6.00. The van der Waals surface area contributed by atoms with E-state index >= 15 is 0 Å². The lowest BCUT2D eigenvalue weighted by molar-refractivity contribution is 0.0371. The highest BCUT2D eigenvalue weighted by Crippen LogP contribution is 2.30. The number of piperazine rings is 1. The average molecular weight is 295 g/mol. The molecule has 3 heteroatoms. The van der Waals surface area contributed by atoms with Crippen LogP contribution in [-0.2, 0) is 0 Å². The van der Waals surface area contributed by atoms with E-state index in [0.717, 1.165) is 18.1 Å². The predicted molar refractivity (Wildman–Crippen MR) is 87.3 cm³/mol. The van der Waals surface area contributed by atoms with Crippen molar-refractivity contribution in [2.45, 2.75) is 52.2 Å². The number of halogens is 1. The molecule has 0 bridgehead atoms. The molecule has 0 aromatic heterocycles. The van der Waals surface area contributed by atoms with Crippen LogP contribution in [0.5, 0.6) is 0 Å². The van der Waals surface area contributed by atoms with E-state index < -0.39 is 0 Å². The Hall–Kier alpha value is -0.570. The molecule has 2 rings (SSSR count). The van der Waals surface area contributed by atoms with Crippen molar-refractivity contribution < 1.29 is 0 Å². The molecule has 112 valence electrons. The fourth-order valence-corrected chi connectivity index (χ4v) is 3.23. The zero-order chi connectivity index (χ0) is 14.9. The number of benzene rings is 1. The molecular formula is C17H27ClN2. The van der Waals surface area contributed by atoms with E-state index in [9.17, 15) is 0 Å². The first kappa shape index (κ1) is 15.8. The van der Waals surface area contributed by atoms with Crippen molar-refractivity contribution in [3.05, 3.63) is 34.9 Å². The van der Waals surface area contributed by atoms with Crippen LogP contribution < -0.4 is 5.32 Å². The van der Waals surface area contributed by atoms with Crippen molar-refractivity contribution in [1.29, 1.82) is 0 Å². The Balaban J connectivity index is 2.23. The van der Waals surface area contributed by atoms with Crippen LogP contribution in [0.4, 0.5) is 0 Å². The average Bonchev–Trinajstić information content (AvgIpc) is 2.37. The molecule has 1 aliphatic heterocycles. The van der Waals surface area contributed by atoms with E-state index in [0.29, 0.717) is 18.0 Å². The molecule has 1 N–H and O–H groups in total. The summed E-state index contributed by atoms with van der Waals surface area (Å²) in [5.41, 5.74) is 1.52. The predicted octanol–water partition coefficient (Wildman–Crippen LogP) is 4.11. The minimum absolute atomic E-state index is 0.173. The van der Waals surface area contributed by atoms with Gasteiger partial charge in [-0.25, -0.2) is 0 Å². The van der Waals surface area contributed by atoms with Crippen molar-refractivity contribution in [3.8, 4) is 0 Å². The van der Waals surface area contributed by atoms with Crippen molar-refractivity contribution >= 4 is 11.6 Å². The number of rotatable bonds is 3. The lowest BCUT2D eigenvalue weighted by Gasteiger charge is -2.49. The first-order valence-electron chi connectivity index (χ1n) is 7.56. The SMILES string of the molecule is CC(C)C1CNC(C)(C)CN1C(C)c1ccc(Cl)cc1. The summed E-state index contributed by atoms with van der Waals surface area (Å²) in [5, 5.41) is 4.48. The monoisotopic (exact) mass is 294 g/mol. The molecule has 0 radical (unpaired) electrons. The van der Waals surface area contributed by atoms with E-state index in [1.807, 2.05) is 12.1 Å². The molecule has 0 amide bonds. The number of nitrogens with one attached hydrogen (secondary N) is 1. The molecule has 1 aromatic rings. The summed E-state index contributed by atoms with van der Waals surface area (Å²) in [6, 6.07) is 9.28. The fraction of sp³-hybridized carbons (Fsp3) is 0.647. The smallest absolute Gasteiger partial charge is 0.0406 e. The Morgan fingerprint density at radius 2 is 1.80 bits per heavy atom. The normalized spacial score (nSPS) is 24.9. The van der Waals surface area contributed by atoms with E-state index in [1.165, 1.54) is 5.56 Å². The van der Waals surface area contributed by atoms with Crippen LogP contribution in [0.2, 0.25) is 5.02 Å². The zero-order valence-electron chi connectivity index (χ0n) is 13.3. The summed E-state index contributed by atoms with van der Waals surface area (Å²) in [5.74, 6) is 0.647. The van der Waals surface area contributed by atoms with Crippen molar-refractivity contribution in [1.82, 2.24) is 10.2 Å². The highest BCUT2D eigenvalue weighted by molar-refractivity contribution is 6.30. The van der Waals surface area contributed by atoms with E-state index in [2.05, 4.69) is 57.0 Å².